The van der Waals surface area contributed by atoms with Crippen LogP contribution in [0, 0.1) is 14.9 Å². The van der Waals surface area contributed by atoms with Gasteiger partial charge in [0.15, 0.2) is 11.5 Å². The van der Waals surface area contributed by atoms with Gasteiger partial charge in [-0.2, -0.15) is 5.26 Å². The second kappa shape index (κ2) is 10.8. The number of amides is 1. The van der Waals surface area contributed by atoms with E-state index in [1.54, 1.807) is 37.4 Å². The zero-order chi connectivity index (χ0) is 22.2. The molecule has 0 aliphatic heterocycles. The van der Waals surface area contributed by atoms with E-state index in [4.69, 9.17) is 21.1 Å². The number of rotatable bonds is 7. The van der Waals surface area contributed by atoms with E-state index in [-0.39, 0.29) is 5.57 Å². The Balaban J connectivity index is 1.81. The van der Waals surface area contributed by atoms with Gasteiger partial charge in [-0.05, 0) is 76.2 Å². The number of hydrogen-bond donors (Lipinski definition) is 1. The van der Waals surface area contributed by atoms with Crippen molar-refractivity contribution in [3.05, 3.63) is 92.0 Å². The quantitative estimate of drug-likeness (QED) is 0.222. The Hall–Kier alpha value is -3.02. The van der Waals surface area contributed by atoms with Gasteiger partial charge in [0.2, 0.25) is 0 Å². The van der Waals surface area contributed by atoms with Gasteiger partial charge in [-0.3, -0.25) is 4.79 Å². The van der Waals surface area contributed by atoms with Crippen molar-refractivity contribution in [2.45, 2.75) is 6.61 Å². The molecular formula is C24H18ClIN2O3. The molecule has 156 valence electrons. The smallest absolute Gasteiger partial charge is 0.266 e. The van der Waals surface area contributed by atoms with E-state index in [0.717, 1.165) is 9.13 Å². The molecule has 0 aliphatic carbocycles. The van der Waals surface area contributed by atoms with Gasteiger partial charge < -0.3 is 14.8 Å². The third-order valence-electron chi connectivity index (χ3n) is 4.26. The monoisotopic (exact) mass is 544 g/mol. The van der Waals surface area contributed by atoms with Crippen molar-refractivity contribution in [3.63, 3.8) is 0 Å². The van der Waals surface area contributed by atoms with E-state index in [0.29, 0.717) is 34.4 Å². The fourth-order valence-electron chi connectivity index (χ4n) is 2.74. The van der Waals surface area contributed by atoms with Gasteiger partial charge in [0.05, 0.1) is 10.7 Å². The summed E-state index contributed by atoms with van der Waals surface area (Å²) in [4.78, 5) is 12.5. The summed E-state index contributed by atoms with van der Waals surface area (Å²) in [6, 6.07) is 22.0. The van der Waals surface area contributed by atoms with Gasteiger partial charge in [-0.1, -0.05) is 41.9 Å². The Morgan fingerprint density at radius 2 is 1.87 bits per heavy atom. The molecule has 0 aliphatic rings. The average Bonchev–Trinajstić information content (AvgIpc) is 2.78. The van der Waals surface area contributed by atoms with E-state index >= 15 is 0 Å². The standard InChI is InChI=1S/C24H18ClIN2O3/c1-30-22-13-17(12-21(26)23(22)31-15-16-5-3-2-4-6-16)11-18(14-27)24(29)28-20-9-7-19(25)8-10-20/h2-13H,15H2,1H3,(H,28,29)/b18-11-. The number of carbonyl (C=O) groups excluding carboxylic acids is 1. The summed E-state index contributed by atoms with van der Waals surface area (Å²) in [5, 5.41) is 12.7. The summed E-state index contributed by atoms with van der Waals surface area (Å²) in [5.74, 6) is 0.612. The first-order valence-corrected chi connectivity index (χ1v) is 10.7. The summed E-state index contributed by atoms with van der Waals surface area (Å²) in [6.07, 6.45) is 1.51. The fraction of sp³-hybridized carbons (Fsp3) is 0.0833. The molecule has 3 rings (SSSR count). The Bertz CT molecular complexity index is 1140. The number of anilines is 1. The van der Waals surface area contributed by atoms with Crippen LogP contribution in [0.25, 0.3) is 6.08 Å². The lowest BCUT2D eigenvalue weighted by molar-refractivity contribution is -0.112. The van der Waals surface area contributed by atoms with Crippen molar-refractivity contribution in [2.75, 3.05) is 12.4 Å². The highest BCUT2D eigenvalue weighted by molar-refractivity contribution is 14.1. The molecule has 1 N–H and O–H groups in total. The van der Waals surface area contributed by atoms with Crippen LogP contribution in [0.15, 0.2) is 72.3 Å². The Morgan fingerprint density at radius 1 is 1.16 bits per heavy atom. The molecule has 5 nitrogen and oxygen atoms in total. The molecule has 0 bridgehead atoms. The maximum atomic E-state index is 12.5. The molecule has 0 unspecified atom stereocenters. The number of nitrogens with zero attached hydrogens (tertiary/aromatic N) is 1. The van der Waals surface area contributed by atoms with Crippen LogP contribution in [0.1, 0.15) is 11.1 Å². The van der Waals surface area contributed by atoms with Gasteiger partial charge in [-0.25, -0.2) is 0 Å². The minimum Gasteiger partial charge on any atom is -0.493 e. The highest BCUT2D eigenvalue weighted by Crippen LogP contribution is 2.35. The second-order valence-corrected chi connectivity index (χ2v) is 8.04. The lowest BCUT2D eigenvalue weighted by Crippen LogP contribution is -2.13. The third kappa shape index (κ3) is 6.23. The summed E-state index contributed by atoms with van der Waals surface area (Å²) >= 11 is 8.00. The molecule has 1 amide bonds. The predicted octanol–water partition coefficient (Wildman–Crippen LogP) is 6.08. The molecule has 0 saturated heterocycles. The predicted molar refractivity (Wildman–Crippen MR) is 130 cm³/mol. The molecule has 0 spiro atoms. The van der Waals surface area contributed by atoms with E-state index in [2.05, 4.69) is 27.9 Å². The maximum absolute atomic E-state index is 12.5. The largest absolute Gasteiger partial charge is 0.493 e. The minimum atomic E-state index is -0.511. The van der Waals surface area contributed by atoms with Crippen LogP contribution in [0.3, 0.4) is 0 Å². The first-order chi connectivity index (χ1) is 15.0. The van der Waals surface area contributed by atoms with Gasteiger partial charge in [0.1, 0.15) is 18.2 Å². The van der Waals surface area contributed by atoms with Gasteiger partial charge in [0, 0.05) is 10.7 Å². The molecule has 7 heteroatoms. The topological polar surface area (TPSA) is 71.3 Å². The zero-order valence-electron chi connectivity index (χ0n) is 16.6. The van der Waals surface area contributed by atoms with Crippen LogP contribution in [0.2, 0.25) is 5.02 Å². The van der Waals surface area contributed by atoms with Crippen molar-refractivity contribution in [1.82, 2.24) is 0 Å². The number of halogens is 2. The van der Waals surface area contributed by atoms with Crippen molar-refractivity contribution in [2.24, 2.45) is 0 Å². The summed E-state index contributed by atoms with van der Waals surface area (Å²) in [5.41, 5.74) is 2.20. The first-order valence-electron chi connectivity index (χ1n) is 9.23. The third-order valence-corrected chi connectivity index (χ3v) is 5.31. The minimum absolute atomic E-state index is 0.0363. The van der Waals surface area contributed by atoms with E-state index in [1.165, 1.54) is 6.08 Å². The summed E-state index contributed by atoms with van der Waals surface area (Å²) in [7, 11) is 1.55. The zero-order valence-corrected chi connectivity index (χ0v) is 19.5. The molecule has 0 heterocycles. The van der Waals surface area contributed by atoms with Gasteiger partial charge in [-0.15, -0.1) is 0 Å². The molecule has 0 radical (unpaired) electrons. The number of hydrogen-bond acceptors (Lipinski definition) is 4. The van der Waals surface area contributed by atoms with Crippen LogP contribution in [-0.2, 0) is 11.4 Å². The van der Waals surface area contributed by atoms with Crippen molar-refractivity contribution in [1.29, 1.82) is 5.26 Å². The molecule has 3 aromatic carbocycles. The Morgan fingerprint density at radius 3 is 2.52 bits per heavy atom. The highest BCUT2D eigenvalue weighted by Gasteiger charge is 2.14. The molecule has 0 saturated carbocycles. The van der Waals surface area contributed by atoms with Crippen molar-refractivity contribution < 1.29 is 14.3 Å². The molecule has 0 fully saturated rings. The number of benzene rings is 3. The lowest BCUT2D eigenvalue weighted by Gasteiger charge is -2.14. The Kier molecular flexibility index (Phi) is 7.93. The van der Waals surface area contributed by atoms with Crippen LogP contribution in [-0.4, -0.2) is 13.0 Å². The van der Waals surface area contributed by atoms with Gasteiger partial charge in [0.25, 0.3) is 5.91 Å². The number of methoxy groups -OCH3 is 1. The number of nitrogens with one attached hydrogen (secondary N) is 1. The molecule has 0 aromatic heterocycles. The number of ether oxygens (including phenoxy) is 2. The van der Waals surface area contributed by atoms with Crippen LogP contribution >= 0.6 is 34.2 Å². The van der Waals surface area contributed by atoms with E-state index in [9.17, 15) is 10.1 Å². The van der Waals surface area contributed by atoms with Crippen LogP contribution in [0.5, 0.6) is 11.5 Å². The second-order valence-electron chi connectivity index (χ2n) is 6.44. The van der Waals surface area contributed by atoms with Gasteiger partial charge >= 0.3 is 0 Å². The van der Waals surface area contributed by atoms with Crippen LogP contribution in [0.4, 0.5) is 5.69 Å². The molecule has 3 aromatic rings. The summed E-state index contributed by atoms with van der Waals surface area (Å²) in [6.45, 7) is 0.398. The van der Waals surface area contributed by atoms with E-state index < -0.39 is 5.91 Å². The normalized spacial score (nSPS) is 10.8. The molecule has 0 atom stereocenters. The first kappa shape index (κ1) is 22.7. The Labute approximate surface area is 199 Å². The molecular weight excluding hydrogens is 527 g/mol. The lowest BCUT2D eigenvalue weighted by atomic mass is 10.1. The van der Waals surface area contributed by atoms with Crippen LogP contribution < -0.4 is 14.8 Å². The SMILES string of the molecule is COc1cc(/C=C(/C#N)C(=O)Nc2ccc(Cl)cc2)cc(I)c1OCc1ccccc1. The fourth-order valence-corrected chi connectivity index (χ4v) is 3.65. The highest BCUT2D eigenvalue weighted by atomic mass is 127. The number of nitriles is 1. The van der Waals surface area contributed by atoms with Crippen molar-refractivity contribution >= 4 is 51.9 Å². The maximum Gasteiger partial charge on any atom is 0.266 e. The summed E-state index contributed by atoms with van der Waals surface area (Å²) < 4.78 is 12.2. The average molecular weight is 545 g/mol. The molecule has 31 heavy (non-hydrogen) atoms. The number of carbonyl (C=O) groups is 1. The van der Waals surface area contributed by atoms with E-state index in [1.807, 2.05) is 42.5 Å². The van der Waals surface area contributed by atoms with Crippen molar-refractivity contribution in [3.8, 4) is 17.6 Å².